The lowest BCUT2D eigenvalue weighted by Crippen LogP contribution is -1.88. The highest BCUT2D eigenvalue weighted by Gasteiger charge is 2.22. The van der Waals surface area contributed by atoms with Crippen molar-refractivity contribution >= 4 is 11.1 Å². The van der Waals surface area contributed by atoms with E-state index in [1.165, 1.54) is 19.2 Å². The number of methoxy groups -OCH3 is 1. The van der Waals surface area contributed by atoms with Crippen LogP contribution in [-0.4, -0.2) is 22.3 Å². The van der Waals surface area contributed by atoms with E-state index in [9.17, 15) is 4.39 Å². The van der Waals surface area contributed by atoms with E-state index in [4.69, 9.17) is 13.6 Å². The van der Waals surface area contributed by atoms with Gasteiger partial charge >= 0.3 is 0 Å². The summed E-state index contributed by atoms with van der Waals surface area (Å²) in [6, 6.07) is 9.67. The molecule has 0 aliphatic carbocycles. The van der Waals surface area contributed by atoms with Gasteiger partial charge in [0.05, 0.1) is 13.5 Å². The zero-order valence-corrected chi connectivity index (χ0v) is 12.7. The van der Waals surface area contributed by atoms with Crippen LogP contribution in [0.2, 0.25) is 0 Å². The predicted molar refractivity (Wildman–Crippen MR) is 83.1 cm³/mol. The quantitative estimate of drug-likeness (QED) is 0.570. The molecule has 4 rings (SSSR count). The van der Waals surface area contributed by atoms with Crippen LogP contribution in [0.1, 0.15) is 11.5 Å². The lowest BCUT2D eigenvalue weighted by atomic mass is 10.1. The minimum atomic E-state index is -0.288. The van der Waals surface area contributed by atoms with Crippen molar-refractivity contribution in [2.24, 2.45) is 0 Å². The van der Waals surface area contributed by atoms with Crippen LogP contribution < -0.4 is 4.74 Å². The maximum atomic E-state index is 13.0. The van der Waals surface area contributed by atoms with Crippen LogP contribution in [0.3, 0.4) is 0 Å². The zero-order chi connectivity index (χ0) is 16.5. The summed E-state index contributed by atoms with van der Waals surface area (Å²) in [6.45, 7) is 0. The van der Waals surface area contributed by atoms with Crippen LogP contribution in [-0.2, 0) is 6.42 Å². The number of hydrogen-bond donors (Lipinski definition) is 0. The lowest BCUT2D eigenvalue weighted by Gasteiger charge is -1.97. The summed E-state index contributed by atoms with van der Waals surface area (Å²) in [5, 5.41) is 8.02. The van der Waals surface area contributed by atoms with Crippen LogP contribution in [0.25, 0.3) is 22.8 Å². The van der Waals surface area contributed by atoms with Gasteiger partial charge in [-0.05, 0) is 29.8 Å². The maximum absolute atomic E-state index is 13.0. The summed E-state index contributed by atoms with van der Waals surface area (Å²) in [7, 11) is 1.53. The van der Waals surface area contributed by atoms with Gasteiger partial charge in [0.2, 0.25) is 11.7 Å². The van der Waals surface area contributed by atoms with E-state index in [-0.39, 0.29) is 11.7 Å². The molecule has 6 nitrogen and oxygen atoms in total. The number of aromatic nitrogens is 3. The molecule has 0 aliphatic heterocycles. The van der Waals surface area contributed by atoms with Crippen molar-refractivity contribution in [3.05, 3.63) is 59.9 Å². The molecular weight excluding hydrogens is 313 g/mol. The minimum absolute atomic E-state index is 0.210. The number of furan rings is 1. The third-order valence-electron chi connectivity index (χ3n) is 3.54. The topological polar surface area (TPSA) is 74.2 Å². The average Bonchev–Trinajstić information content (AvgIpc) is 3.20. The summed E-state index contributed by atoms with van der Waals surface area (Å²) < 4.78 is 29.7. The van der Waals surface area contributed by atoms with Crippen molar-refractivity contribution in [3.8, 4) is 17.4 Å². The largest absolute Gasteiger partial charge is 0.491 e. The Bertz CT molecular complexity index is 992. The first-order valence-corrected chi connectivity index (χ1v) is 7.23. The van der Waals surface area contributed by atoms with Gasteiger partial charge in [0, 0.05) is 6.20 Å². The van der Waals surface area contributed by atoms with E-state index < -0.39 is 0 Å². The Hall–Kier alpha value is -3.22. The second kappa shape index (κ2) is 5.77. The Labute approximate surface area is 135 Å². The Kier molecular flexibility index (Phi) is 3.45. The van der Waals surface area contributed by atoms with Crippen molar-refractivity contribution in [2.75, 3.05) is 7.11 Å². The molecule has 120 valence electrons. The average molecular weight is 325 g/mol. The number of rotatable bonds is 4. The monoisotopic (exact) mass is 325 g/mol. The maximum Gasteiger partial charge on any atom is 0.287 e. The summed E-state index contributed by atoms with van der Waals surface area (Å²) in [5.41, 5.74) is 2.03. The van der Waals surface area contributed by atoms with Crippen LogP contribution >= 0.6 is 0 Å². The first-order chi connectivity index (χ1) is 11.7. The normalized spacial score (nSPS) is 11.1. The number of fused-ring (bicyclic) bond motifs is 1. The molecular formula is C17H12FN3O3. The first-order valence-electron chi connectivity index (χ1n) is 7.23. The highest BCUT2D eigenvalue weighted by Crippen LogP contribution is 2.37. The molecule has 0 bridgehead atoms. The third kappa shape index (κ3) is 2.50. The molecule has 0 spiro atoms. The summed E-state index contributed by atoms with van der Waals surface area (Å²) in [4.78, 5) is 4.24. The van der Waals surface area contributed by atoms with E-state index in [2.05, 4.69) is 15.2 Å². The number of ether oxygens (including phenoxy) is 1. The molecule has 0 atom stereocenters. The molecule has 0 saturated carbocycles. The molecule has 4 aromatic rings. The minimum Gasteiger partial charge on any atom is -0.491 e. The first kappa shape index (κ1) is 14.4. The van der Waals surface area contributed by atoms with Gasteiger partial charge in [0.25, 0.3) is 5.89 Å². The predicted octanol–water partition coefficient (Wildman–Crippen LogP) is 3.62. The zero-order valence-electron chi connectivity index (χ0n) is 12.7. The van der Waals surface area contributed by atoms with E-state index in [1.54, 1.807) is 30.5 Å². The number of halogens is 1. The van der Waals surface area contributed by atoms with Crippen molar-refractivity contribution in [1.82, 2.24) is 15.2 Å². The van der Waals surface area contributed by atoms with Crippen LogP contribution in [0.15, 0.2) is 51.4 Å². The van der Waals surface area contributed by atoms with Gasteiger partial charge in [-0.1, -0.05) is 12.1 Å². The van der Waals surface area contributed by atoms with Gasteiger partial charge in [-0.3, -0.25) is 0 Å². The molecule has 1 aromatic carbocycles. The molecule has 0 aliphatic rings. The lowest BCUT2D eigenvalue weighted by molar-refractivity contribution is 0.407. The highest BCUT2D eigenvalue weighted by molar-refractivity contribution is 5.86. The molecule has 24 heavy (non-hydrogen) atoms. The molecule has 0 N–H and O–H groups in total. The number of nitrogens with zero attached hydrogens (tertiary/aromatic N) is 3. The highest BCUT2D eigenvalue weighted by atomic mass is 19.1. The molecule has 0 radical (unpaired) electrons. The summed E-state index contributed by atoms with van der Waals surface area (Å²) in [5.74, 6) is 1.10. The van der Waals surface area contributed by atoms with Crippen LogP contribution in [0, 0.1) is 5.82 Å². The van der Waals surface area contributed by atoms with Gasteiger partial charge in [0.15, 0.2) is 16.8 Å². The van der Waals surface area contributed by atoms with Crippen LogP contribution in [0.5, 0.6) is 5.75 Å². The number of pyridine rings is 1. The van der Waals surface area contributed by atoms with E-state index in [1.807, 2.05) is 0 Å². The Balaban J connectivity index is 1.68. The van der Waals surface area contributed by atoms with Gasteiger partial charge in [-0.2, -0.15) is 0 Å². The fraction of sp³-hybridized carbons (Fsp3) is 0.118. The van der Waals surface area contributed by atoms with E-state index >= 15 is 0 Å². The Morgan fingerprint density at radius 2 is 1.92 bits per heavy atom. The molecule has 0 unspecified atom stereocenters. The smallest absolute Gasteiger partial charge is 0.287 e. The van der Waals surface area contributed by atoms with Gasteiger partial charge in [0.1, 0.15) is 5.82 Å². The Morgan fingerprint density at radius 3 is 2.71 bits per heavy atom. The Morgan fingerprint density at radius 1 is 1.08 bits per heavy atom. The number of hydrogen-bond acceptors (Lipinski definition) is 6. The molecule has 7 heteroatoms. The SMILES string of the molecule is COc1c(-c2nnc(Cc3ccc(F)cc3)o2)oc2cccnc12. The van der Waals surface area contributed by atoms with Crippen molar-refractivity contribution in [1.29, 1.82) is 0 Å². The van der Waals surface area contributed by atoms with Gasteiger partial charge < -0.3 is 13.6 Å². The second-order valence-electron chi connectivity index (χ2n) is 5.12. The number of benzene rings is 1. The molecule has 0 fully saturated rings. The van der Waals surface area contributed by atoms with Crippen molar-refractivity contribution in [3.63, 3.8) is 0 Å². The van der Waals surface area contributed by atoms with Crippen LogP contribution in [0.4, 0.5) is 4.39 Å². The fourth-order valence-corrected chi connectivity index (χ4v) is 2.43. The van der Waals surface area contributed by atoms with E-state index in [0.29, 0.717) is 34.9 Å². The van der Waals surface area contributed by atoms with Gasteiger partial charge in [-0.15, -0.1) is 10.2 Å². The standard InChI is InChI=1S/C17H12FN3O3/c1-22-15-14-12(3-2-8-19-14)23-16(15)17-21-20-13(24-17)9-10-4-6-11(18)7-5-10/h2-8H,9H2,1H3. The third-order valence-corrected chi connectivity index (χ3v) is 3.54. The van der Waals surface area contributed by atoms with Crippen molar-refractivity contribution < 1.29 is 18.0 Å². The summed E-state index contributed by atoms with van der Waals surface area (Å²) in [6.07, 6.45) is 2.05. The van der Waals surface area contributed by atoms with Crippen molar-refractivity contribution in [2.45, 2.75) is 6.42 Å². The summed E-state index contributed by atoms with van der Waals surface area (Å²) >= 11 is 0. The molecule has 3 heterocycles. The second-order valence-corrected chi connectivity index (χ2v) is 5.12. The van der Waals surface area contributed by atoms with Gasteiger partial charge in [-0.25, -0.2) is 9.37 Å². The molecule has 0 saturated heterocycles. The van der Waals surface area contributed by atoms with E-state index in [0.717, 1.165) is 5.56 Å². The molecule has 3 aromatic heterocycles. The molecule has 0 amide bonds. The fourth-order valence-electron chi connectivity index (χ4n) is 2.43.